The lowest BCUT2D eigenvalue weighted by Crippen LogP contribution is -2.49. The maximum Gasteiger partial charge on any atom is 0.410 e. The molecule has 1 saturated heterocycles. The zero-order valence-electron chi connectivity index (χ0n) is 24.1. The minimum absolute atomic E-state index is 0.220. The molecule has 2 aromatic carbocycles. The minimum atomic E-state index is -0.463. The van der Waals surface area contributed by atoms with Crippen LogP contribution in [0.25, 0.3) is 44.2 Å². The Bertz CT molecular complexity index is 1590. The van der Waals surface area contributed by atoms with Crippen molar-refractivity contribution < 1.29 is 9.53 Å². The number of nitrogens with zero attached hydrogens (tertiary/aromatic N) is 3. The fraction of sp³-hybridized carbons (Fsp3) is 0.333. The van der Waals surface area contributed by atoms with Gasteiger partial charge in [-0.1, -0.05) is 44.2 Å². The number of nitrogens with one attached hydrogen (secondary N) is 2. The first-order chi connectivity index (χ1) is 19.3. The van der Waals surface area contributed by atoms with Gasteiger partial charge in [-0.2, -0.15) is 0 Å². The van der Waals surface area contributed by atoms with E-state index >= 15 is 0 Å². The van der Waals surface area contributed by atoms with Gasteiger partial charge in [0.1, 0.15) is 11.2 Å². The van der Waals surface area contributed by atoms with E-state index in [-0.39, 0.29) is 6.09 Å². The van der Waals surface area contributed by atoms with Crippen LogP contribution >= 0.6 is 0 Å². The van der Waals surface area contributed by atoms with Crippen LogP contribution in [0.5, 0.6) is 0 Å². The molecule has 0 bridgehead atoms. The molecular weight excluding hydrogens is 498 g/mol. The van der Waals surface area contributed by atoms with E-state index in [1.165, 1.54) is 16.5 Å². The third kappa shape index (κ3) is 6.05. The number of hydrogen-bond donors (Lipinski definition) is 2. The van der Waals surface area contributed by atoms with Gasteiger partial charge < -0.3 is 19.6 Å². The second-order valence-electron chi connectivity index (χ2n) is 11.0. The number of amides is 1. The fourth-order valence-corrected chi connectivity index (χ4v) is 5.10. The molecule has 0 aliphatic carbocycles. The molecule has 7 heteroatoms. The highest BCUT2D eigenvalue weighted by molar-refractivity contribution is 5.98. The molecule has 6 rings (SSSR count). The number of ether oxygens (including phenoxy) is 1. The highest BCUT2D eigenvalue weighted by atomic mass is 16.6. The first-order valence-electron chi connectivity index (χ1n) is 14.2. The Kier molecular flexibility index (Phi) is 7.94. The second-order valence-corrected chi connectivity index (χ2v) is 11.0. The molecule has 3 aromatic heterocycles. The molecule has 4 heterocycles. The Labute approximate surface area is 236 Å². The normalized spacial score (nSPS) is 14.3. The van der Waals surface area contributed by atoms with E-state index in [2.05, 4.69) is 69.5 Å². The summed E-state index contributed by atoms with van der Waals surface area (Å²) < 4.78 is 5.51. The number of benzene rings is 2. The standard InChI is InChI=1S/C31H33N5O2.C2H6/c1-31(2,3)38-30(37)36-14-12-35(13-15-36)20-21-4-6-22(7-5-21)25-17-26-27(19-34-29(26)33-18-25)23-8-9-28-24(16-23)10-11-32-28;1-2/h4-11,16-19,32H,12-15,20H2,1-3H3,(H,33,34);1-2H3. The number of H-pyrrole nitrogens is 2. The van der Waals surface area contributed by atoms with Crippen LogP contribution in [0, 0.1) is 0 Å². The molecule has 0 radical (unpaired) electrons. The van der Waals surface area contributed by atoms with Crippen LogP contribution in [0.1, 0.15) is 40.2 Å². The quantitative estimate of drug-likeness (QED) is 0.249. The van der Waals surface area contributed by atoms with E-state index in [0.29, 0.717) is 13.1 Å². The van der Waals surface area contributed by atoms with E-state index < -0.39 is 5.60 Å². The van der Waals surface area contributed by atoms with Gasteiger partial charge in [0, 0.05) is 73.3 Å². The Hall–Kier alpha value is -4.10. The summed E-state index contributed by atoms with van der Waals surface area (Å²) in [4.78, 5) is 27.8. The van der Waals surface area contributed by atoms with Crippen molar-refractivity contribution in [1.82, 2.24) is 24.8 Å². The van der Waals surface area contributed by atoms with Gasteiger partial charge in [-0.25, -0.2) is 9.78 Å². The van der Waals surface area contributed by atoms with E-state index in [4.69, 9.17) is 9.72 Å². The van der Waals surface area contributed by atoms with Crippen LogP contribution in [0.2, 0.25) is 0 Å². The first kappa shape index (κ1) is 27.5. The summed E-state index contributed by atoms with van der Waals surface area (Å²) in [7, 11) is 0. The highest BCUT2D eigenvalue weighted by Gasteiger charge is 2.25. The lowest BCUT2D eigenvalue weighted by molar-refractivity contribution is 0.0139. The van der Waals surface area contributed by atoms with Crippen molar-refractivity contribution in [2.45, 2.75) is 46.8 Å². The second kappa shape index (κ2) is 11.6. The molecule has 5 aromatic rings. The molecule has 0 spiro atoms. The number of aromatic amines is 2. The molecule has 40 heavy (non-hydrogen) atoms. The number of carbonyl (C=O) groups excluding carboxylic acids is 1. The van der Waals surface area contributed by atoms with Gasteiger partial charge in [-0.05, 0) is 67.1 Å². The molecule has 0 atom stereocenters. The van der Waals surface area contributed by atoms with Crippen LogP contribution in [0.15, 0.2) is 73.2 Å². The molecule has 7 nitrogen and oxygen atoms in total. The molecule has 1 fully saturated rings. The van der Waals surface area contributed by atoms with E-state index in [9.17, 15) is 4.79 Å². The summed E-state index contributed by atoms with van der Waals surface area (Å²) in [6.07, 6.45) is 5.73. The summed E-state index contributed by atoms with van der Waals surface area (Å²) in [6, 6.07) is 19.5. The Morgan fingerprint density at radius 3 is 2.35 bits per heavy atom. The molecule has 0 unspecified atom stereocenters. The number of hydrogen-bond acceptors (Lipinski definition) is 4. The van der Waals surface area contributed by atoms with Crippen LogP contribution in [-0.2, 0) is 11.3 Å². The number of aromatic nitrogens is 3. The Morgan fingerprint density at radius 2 is 1.62 bits per heavy atom. The van der Waals surface area contributed by atoms with Crippen molar-refractivity contribution >= 4 is 28.0 Å². The number of fused-ring (bicyclic) bond motifs is 2. The third-order valence-electron chi connectivity index (χ3n) is 7.11. The Morgan fingerprint density at radius 1 is 0.900 bits per heavy atom. The third-order valence-corrected chi connectivity index (χ3v) is 7.11. The number of carbonyl (C=O) groups is 1. The first-order valence-corrected chi connectivity index (χ1v) is 14.2. The van der Waals surface area contributed by atoms with Gasteiger partial charge in [-0.15, -0.1) is 0 Å². The number of pyridine rings is 1. The summed E-state index contributed by atoms with van der Waals surface area (Å²) in [6.45, 7) is 13.6. The molecule has 1 aliphatic rings. The summed E-state index contributed by atoms with van der Waals surface area (Å²) in [5, 5.41) is 2.31. The van der Waals surface area contributed by atoms with Gasteiger partial charge in [0.15, 0.2) is 0 Å². The van der Waals surface area contributed by atoms with E-state index in [0.717, 1.165) is 52.9 Å². The average Bonchev–Trinajstić information content (AvgIpc) is 3.60. The van der Waals surface area contributed by atoms with E-state index in [1.54, 1.807) is 4.90 Å². The topological polar surface area (TPSA) is 77.2 Å². The van der Waals surface area contributed by atoms with Crippen molar-refractivity contribution in [3.05, 3.63) is 78.8 Å². The molecule has 208 valence electrons. The van der Waals surface area contributed by atoms with Crippen molar-refractivity contribution in [3.63, 3.8) is 0 Å². The van der Waals surface area contributed by atoms with Gasteiger partial charge in [0.2, 0.25) is 0 Å². The molecule has 1 aliphatic heterocycles. The van der Waals surface area contributed by atoms with Crippen molar-refractivity contribution in [2.24, 2.45) is 0 Å². The van der Waals surface area contributed by atoms with E-state index in [1.807, 2.05) is 53.2 Å². The van der Waals surface area contributed by atoms with Gasteiger partial charge in [0.25, 0.3) is 0 Å². The lowest BCUT2D eigenvalue weighted by Gasteiger charge is -2.35. The predicted octanol–water partition coefficient (Wildman–Crippen LogP) is 7.46. The zero-order valence-corrected chi connectivity index (χ0v) is 24.1. The molecule has 0 saturated carbocycles. The van der Waals surface area contributed by atoms with Crippen molar-refractivity contribution in [3.8, 4) is 22.3 Å². The lowest BCUT2D eigenvalue weighted by atomic mass is 10.0. The van der Waals surface area contributed by atoms with Crippen molar-refractivity contribution in [1.29, 1.82) is 0 Å². The molecule has 2 N–H and O–H groups in total. The van der Waals surface area contributed by atoms with Gasteiger partial charge in [-0.3, -0.25) is 4.90 Å². The maximum atomic E-state index is 12.3. The Balaban J connectivity index is 0.00000158. The minimum Gasteiger partial charge on any atom is -0.444 e. The molecule has 1 amide bonds. The SMILES string of the molecule is CC.CC(C)(C)OC(=O)N1CCN(Cc2ccc(-c3cnc4[nH]cc(-c5ccc6[nH]ccc6c5)c4c3)cc2)CC1. The zero-order chi connectivity index (χ0) is 28.3. The van der Waals surface area contributed by atoms with Crippen LogP contribution in [-0.4, -0.2) is 62.6 Å². The van der Waals surface area contributed by atoms with Gasteiger partial charge >= 0.3 is 6.09 Å². The maximum absolute atomic E-state index is 12.3. The fourth-order valence-electron chi connectivity index (χ4n) is 5.10. The van der Waals surface area contributed by atoms with Gasteiger partial charge in [0.05, 0.1) is 0 Å². The average molecular weight is 538 g/mol. The van der Waals surface area contributed by atoms with Crippen LogP contribution in [0.3, 0.4) is 0 Å². The smallest absolute Gasteiger partial charge is 0.410 e. The highest BCUT2D eigenvalue weighted by Crippen LogP contribution is 2.32. The summed E-state index contributed by atoms with van der Waals surface area (Å²) in [5.74, 6) is 0. The monoisotopic (exact) mass is 537 g/mol. The summed E-state index contributed by atoms with van der Waals surface area (Å²) in [5.41, 5.74) is 7.39. The largest absolute Gasteiger partial charge is 0.444 e. The summed E-state index contributed by atoms with van der Waals surface area (Å²) >= 11 is 0. The van der Waals surface area contributed by atoms with Crippen molar-refractivity contribution in [2.75, 3.05) is 26.2 Å². The van der Waals surface area contributed by atoms with Crippen LogP contribution in [0.4, 0.5) is 4.79 Å². The molecular formula is C33H39N5O2. The number of rotatable bonds is 4. The van der Waals surface area contributed by atoms with Crippen LogP contribution < -0.4 is 0 Å². The number of piperazine rings is 1. The predicted molar refractivity (Wildman–Crippen MR) is 163 cm³/mol.